The summed E-state index contributed by atoms with van der Waals surface area (Å²) < 4.78 is 42.8. The second-order valence-electron chi connectivity index (χ2n) is 7.25. The van der Waals surface area contributed by atoms with Gasteiger partial charge in [0, 0.05) is 11.6 Å². The van der Waals surface area contributed by atoms with E-state index in [0.717, 1.165) is 18.2 Å². The molecule has 0 amide bonds. The Bertz CT molecular complexity index is 619. The van der Waals surface area contributed by atoms with Crippen molar-refractivity contribution < 1.29 is 23.2 Å². The Morgan fingerprint density at radius 2 is 1.67 bits per heavy atom. The van der Waals surface area contributed by atoms with Crippen LogP contribution < -0.4 is 0 Å². The highest BCUT2D eigenvalue weighted by molar-refractivity contribution is 7.91. The minimum atomic E-state index is -1.62. The molecule has 0 radical (unpaired) electrons. The van der Waals surface area contributed by atoms with Crippen LogP contribution in [0.25, 0.3) is 0 Å². The van der Waals surface area contributed by atoms with Crippen LogP contribution in [-0.4, -0.2) is 26.1 Å². The van der Waals surface area contributed by atoms with Crippen molar-refractivity contribution in [3.63, 3.8) is 0 Å². The molecular weight excluding hydrogens is 336 g/mol. The predicted octanol–water partition coefficient (Wildman–Crippen LogP) is 4.11. The summed E-state index contributed by atoms with van der Waals surface area (Å²) in [5.74, 6) is -2.52. The minimum absolute atomic E-state index is 0.143. The predicted molar refractivity (Wildman–Crippen MR) is 91.4 cm³/mol. The molecule has 1 N–H and O–H groups in total. The lowest BCUT2D eigenvalue weighted by atomic mass is 9.86. The van der Waals surface area contributed by atoms with Crippen LogP contribution in [0.3, 0.4) is 0 Å². The molecule has 0 fully saturated rings. The third-order valence-corrected chi connectivity index (χ3v) is 4.91. The smallest absolute Gasteiger partial charge is 0.309 e. The molecule has 0 heterocycles. The fourth-order valence-electron chi connectivity index (χ4n) is 1.74. The highest BCUT2D eigenvalue weighted by atomic mass is 32.2. The minimum Gasteiger partial charge on any atom is -0.591 e. The van der Waals surface area contributed by atoms with Crippen molar-refractivity contribution in [3.8, 4) is 0 Å². The molecule has 0 aliphatic heterocycles. The van der Waals surface area contributed by atoms with Gasteiger partial charge in [-0.1, -0.05) is 4.40 Å². The maximum atomic E-state index is 13.5. The van der Waals surface area contributed by atoms with E-state index in [-0.39, 0.29) is 24.1 Å². The maximum Gasteiger partial charge on any atom is 0.309 e. The van der Waals surface area contributed by atoms with Gasteiger partial charge in [-0.3, -0.25) is 4.79 Å². The van der Waals surface area contributed by atoms with E-state index in [4.69, 9.17) is 0 Å². The number of carbonyl (C=O) groups is 1. The lowest BCUT2D eigenvalue weighted by Gasteiger charge is -2.22. The quantitative estimate of drug-likeness (QED) is 0.614. The summed E-state index contributed by atoms with van der Waals surface area (Å²) in [5.41, 5.74) is -0.627. The first-order chi connectivity index (χ1) is 10.8. The summed E-state index contributed by atoms with van der Waals surface area (Å²) in [6, 6.07) is 2.95. The summed E-state index contributed by atoms with van der Waals surface area (Å²) >= 11 is -1.62. The Morgan fingerprint density at radius 3 is 2.08 bits per heavy atom. The molecule has 1 unspecified atom stereocenters. The second-order valence-corrected chi connectivity index (χ2v) is 9.15. The van der Waals surface area contributed by atoms with Gasteiger partial charge in [-0.05, 0) is 59.6 Å². The van der Waals surface area contributed by atoms with Crippen molar-refractivity contribution in [3.05, 3.63) is 35.4 Å². The number of aliphatic carboxylic acids is 1. The van der Waals surface area contributed by atoms with E-state index in [9.17, 15) is 23.2 Å². The molecule has 0 spiro atoms. The summed E-state index contributed by atoms with van der Waals surface area (Å²) in [4.78, 5) is 11.2. The van der Waals surface area contributed by atoms with E-state index >= 15 is 0 Å². The standard InChI is InChI=1S/C17H23F2NO3S/c1-16(2,3)24(23)20-14(6-7-17(4,5)15(21)22)11-8-12(18)10-13(19)9-11/h8-10H,6-7H2,1-5H3,(H,21,22)/b20-14+. The first-order valence-corrected chi connectivity index (χ1v) is 8.63. The molecule has 134 valence electrons. The van der Waals surface area contributed by atoms with Crippen molar-refractivity contribution in [2.45, 2.75) is 52.2 Å². The zero-order chi connectivity index (χ0) is 18.7. The molecule has 0 bridgehead atoms. The van der Waals surface area contributed by atoms with Crippen LogP contribution in [0, 0.1) is 17.0 Å². The monoisotopic (exact) mass is 359 g/mol. The van der Waals surface area contributed by atoms with Crippen molar-refractivity contribution in [1.29, 1.82) is 0 Å². The lowest BCUT2D eigenvalue weighted by Crippen LogP contribution is -2.28. The van der Waals surface area contributed by atoms with Crippen LogP contribution >= 0.6 is 0 Å². The number of carboxylic acids is 1. The molecule has 4 nitrogen and oxygen atoms in total. The number of carboxylic acid groups (broad SMARTS) is 1. The molecule has 0 saturated carbocycles. The largest absolute Gasteiger partial charge is 0.591 e. The number of nitrogens with zero attached hydrogens (tertiary/aromatic N) is 1. The molecule has 1 atom stereocenters. The Kier molecular flexibility index (Phi) is 6.52. The summed E-state index contributed by atoms with van der Waals surface area (Å²) in [7, 11) is 0. The number of rotatable bonds is 6. The molecule has 0 aliphatic carbocycles. The van der Waals surface area contributed by atoms with Gasteiger partial charge in [0.2, 0.25) is 0 Å². The zero-order valence-electron chi connectivity index (χ0n) is 14.5. The molecule has 0 aliphatic rings. The van der Waals surface area contributed by atoms with E-state index in [0.29, 0.717) is 0 Å². The van der Waals surface area contributed by atoms with Gasteiger partial charge in [-0.2, -0.15) is 0 Å². The van der Waals surface area contributed by atoms with E-state index < -0.39 is 39.1 Å². The van der Waals surface area contributed by atoms with Gasteiger partial charge < -0.3 is 9.66 Å². The van der Waals surface area contributed by atoms with Gasteiger partial charge >= 0.3 is 5.97 Å². The third-order valence-electron chi connectivity index (χ3n) is 3.48. The Morgan fingerprint density at radius 1 is 1.17 bits per heavy atom. The first kappa shape index (κ1) is 20.6. The van der Waals surface area contributed by atoms with Crippen molar-refractivity contribution in [1.82, 2.24) is 0 Å². The summed E-state index contributed by atoms with van der Waals surface area (Å²) in [5, 5.41) is 9.20. The van der Waals surface area contributed by atoms with Gasteiger partial charge in [0.05, 0.1) is 11.1 Å². The molecule has 1 aromatic carbocycles. The van der Waals surface area contributed by atoms with Crippen molar-refractivity contribution >= 4 is 23.0 Å². The summed E-state index contributed by atoms with van der Waals surface area (Å²) in [6.07, 6.45) is 0.338. The third kappa shape index (κ3) is 5.87. The SMILES string of the molecule is CC(C)(CC/C(=N\[S+]([O-])C(C)(C)C)c1cc(F)cc(F)c1)C(=O)O. The summed E-state index contributed by atoms with van der Waals surface area (Å²) in [6.45, 7) is 8.31. The molecule has 24 heavy (non-hydrogen) atoms. The Hall–Kier alpha value is -1.47. The van der Waals surface area contributed by atoms with Gasteiger partial charge in [0.25, 0.3) is 0 Å². The van der Waals surface area contributed by atoms with Gasteiger partial charge in [0.15, 0.2) is 0 Å². The molecule has 1 rings (SSSR count). The Balaban J connectivity index is 3.22. The highest BCUT2D eigenvalue weighted by Crippen LogP contribution is 2.26. The normalized spacial score (nSPS) is 14.6. The zero-order valence-corrected chi connectivity index (χ0v) is 15.3. The van der Waals surface area contributed by atoms with E-state index in [1.165, 1.54) is 0 Å². The average Bonchev–Trinajstić information content (AvgIpc) is 2.40. The number of benzene rings is 1. The van der Waals surface area contributed by atoms with Crippen LogP contribution in [0.5, 0.6) is 0 Å². The van der Waals surface area contributed by atoms with E-state index in [1.54, 1.807) is 34.6 Å². The fourth-order valence-corrected chi connectivity index (χ4v) is 2.41. The number of halogens is 2. The molecule has 0 saturated heterocycles. The van der Waals surface area contributed by atoms with Crippen molar-refractivity contribution in [2.24, 2.45) is 9.81 Å². The lowest BCUT2D eigenvalue weighted by molar-refractivity contribution is -0.147. The van der Waals surface area contributed by atoms with E-state index in [2.05, 4.69) is 4.40 Å². The highest BCUT2D eigenvalue weighted by Gasteiger charge is 2.30. The molecule has 0 aromatic heterocycles. The second kappa shape index (κ2) is 7.61. The molecule has 7 heteroatoms. The number of hydrogen-bond acceptors (Lipinski definition) is 3. The van der Waals surface area contributed by atoms with Crippen molar-refractivity contribution in [2.75, 3.05) is 0 Å². The van der Waals surface area contributed by atoms with Crippen LogP contribution in [0.15, 0.2) is 22.6 Å². The van der Waals surface area contributed by atoms with Gasteiger partial charge in [-0.25, -0.2) is 8.78 Å². The number of hydrogen-bond donors (Lipinski definition) is 1. The van der Waals surface area contributed by atoms with Crippen LogP contribution in [0.1, 0.15) is 53.0 Å². The maximum absolute atomic E-state index is 13.5. The fraction of sp³-hybridized carbons (Fsp3) is 0.529. The molecule has 1 aromatic rings. The van der Waals surface area contributed by atoms with E-state index in [1.807, 2.05) is 0 Å². The van der Waals surface area contributed by atoms with Crippen LogP contribution in [0.2, 0.25) is 0 Å². The first-order valence-electron chi connectivity index (χ1n) is 7.52. The van der Waals surface area contributed by atoms with Gasteiger partial charge in [-0.15, -0.1) is 0 Å². The average molecular weight is 359 g/mol. The Labute approximate surface area is 144 Å². The van der Waals surface area contributed by atoms with Gasteiger partial charge in [0.1, 0.15) is 27.7 Å². The topological polar surface area (TPSA) is 72.7 Å². The van der Waals surface area contributed by atoms with Crippen LogP contribution in [0.4, 0.5) is 8.78 Å². The molecular formula is C17H23F2NO3S. The van der Waals surface area contributed by atoms with Crippen LogP contribution in [-0.2, 0) is 16.2 Å².